The summed E-state index contributed by atoms with van der Waals surface area (Å²) in [6.45, 7) is 5.11. The average Bonchev–Trinajstić information content (AvgIpc) is 2.93. The van der Waals surface area contributed by atoms with Crippen molar-refractivity contribution in [1.29, 1.82) is 0 Å². The van der Waals surface area contributed by atoms with E-state index in [-0.39, 0.29) is 11.9 Å². The van der Waals surface area contributed by atoms with Gasteiger partial charge in [-0.25, -0.2) is 9.37 Å². The molecule has 5 nitrogen and oxygen atoms in total. The molecular weight excluding hydrogens is 315 g/mol. The Morgan fingerprint density at radius 3 is 2.91 bits per heavy atom. The molecule has 0 amide bonds. The number of nitrogens with zero attached hydrogens (tertiary/aromatic N) is 2. The number of hydrogen-bond donors (Lipinski definition) is 2. The van der Waals surface area contributed by atoms with Gasteiger partial charge in [0, 0.05) is 24.2 Å². The second-order valence-electron chi connectivity index (χ2n) is 5.06. The van der Waals surface area contributed by atoms with Crippen LogP contribution in [-0.4, -0.2) is 30.6 Å². The van der Waals surface area contributed by atoms with Gasteiger partial charge in [-0.1, -0.05) is 6.07 Å². The van der Waals surface area contributed by atoms with Crippen LogP contribution in [0.5, 0.6) is 5.75 Å². The van der Waals surface area contributed by atoms with Gasteiger partial charge in [0.1, 0.15) is 22.7 Å². The Morgan fingerprint density at radius 1 is 1.43 bits per heavy atom. The SMILES string of the molecule is CN=C(NCc1ncc(C)s1)NCC(C)Oc1cccc(F)c1. The van der Waals surface area contributed by atoms with E-state index in [4.69, 9.17) is 4.74 Å². The van der Waals surface area contributed by atoms with E-state index in [1.54, 1.807) is 30.5 Å². The maximum absolute atomic E-state index is 13.1. The molecule has 2 rings (SSSR count). The first-order valence-corrected chi connectivity index (χ1v) is 8.16. The van der Waals surface area contributed by atoms with Gasteiger partial charge in [-0.15, -0.1) is 11.3 Å². The van der Waals surface area contributed by atoms with Crippen LogP contribution < -0.4 is 15.4 Å². The molecule has 2 aromatic rings. The first-order chi connectivity index (χ1) is 11.1. The quantitative estimate of drug-likeness (QED) is 0.629. The lowest BCUT2D eigenvalue weighted by Crippen LogP contribution is -2.41. The molecule has 0 saturated heterocycles. The lowest BCUT2D eigenvalue weighted by molar-refractivity contribution is 0.223. The summed E-state index contributed by atoms with van der Waals surface area (Å²) < 4.78 is 18.8. The number of rotatable bonds is 6. The van der Waals surface area contributed by atoms with E-state index >= 15 is 0 Å². The number of aryl methyl sites for hydroxylation is 1. The molecule has 0 saturated carbocycles. The number of aliphatic imine (C=N–C) groups is 1. The molecule has 0 aliphatic carbocycles. The predicted molar refractivity (Wildman–Crippen MR) is 91.5 cm³/mol. The monoisotopic (exact) mass is 336 g/mol. The van der Waals surface area contributed by atoms with Gasteiger partial charge >= 0.3 is 0 Å². The van der Waals surface area contributed by atoms with Crippen molar-refractivity contribution in [1.82, 2.24) is 15.6 Å². The molecule has 1 aromatic heterocycles. The number of halogens is 1. The van der Waals surface area contributed by atoms with Crippen molar-refractivity contribution in [3.05, 3.63) is 46.2 Å². The summed E-state index contributed by atoms with van der Waals surface area (Å²) in [5.41, 5.74) is 0. The number of aromatic nitrogens is 1. The van der Waals surface area contributed by atoms with Gasteiger partial charge in [0.2, 0.25) is 0 Å². The molecule has 1 aromatic carbocycles. The highest BCUT2D eigenvalue weighted by Gasteiger charge is 2.07. The molecule has 1 unspecified atom stereocenters. The average molecular weight is 336 g/mol. The predicted octanol–water partition coefficient (Wildman–Crippen LogP) is 2.72. The molecule has 0 radical (unpaired) electrons. The Morgan fingerprint density at radius 2 is 2.26 bits per heavy atom. The third-order valence-corrected chi connectivity index (χ3v) is 3.90. The summed E-state index contributed by atoms with van der Waals surface area (Å²) in [6.07, 6.45) is 1.73. The third-order valence-electron chi connectivity index (χ3n) is 2.99. The normalized spacial score (nSPS) is 12.8. The molecule has 1 atom stereocenters. The molecule has 1 heterocycles. The Labute approximate surface area is 139 Å². The first-order valence-electron chi connectivity index (χ1n) is 7.35. The maximum Gasteiger partial charge on any atom is 0.191 e. The van der Waals surface area contributed by atoms with Crippen LogP contribution in [0.1, 0.15) is 16.8 Å². The standard InChI is InChI=1S/C16H21FN4OS/c1-11(22-14-6-4-5-13(17)7-14)8-20-16(18-3)21-10-15-19-9-12(2)23-15/h4-7,9,11H,8,10H2,1-3H3,(H2,18,20,21). The van der Waals surface area contributed by atoms with Crippen LogP contribution in [0.15, 0.2) is 35.5 Å². The molecule has 0 bridgehead atoms. The van der Waals surface area contributed by atoms with E-state index in [0.717, 1.165) is 5.01 Å². The van der Waals surface area contributed by atoms with Gasteiger partial charge < -0.3 is 15.4 Å². The van der Waals surface area contributed by atoms with Crippen LogP contribution in [0.2, 0.25) is 0 Å². The summed E-state index contributed by atoms with van der Waals surface area (Å²) in [4.78, 5) is 9.64. The van der Waals surface area contributed by atoms with Crippen molar-refractivity contribution < 1.29 is 9.13 Å². The largest absolute Gasteiger partial charge is 0.489 e. The zero-order chi connectivity index (χ0) is 16.7. The van der Waals surface area contributed by atoms with Crippen LogP contribution in [0.3, 0.4) is 0 Å². The highest BCUT2D eigenvalue weighted by molar-refractivity contribution is 7.11. The zero-order valence-electron chi connectivity index (χ0n) is 13.5. The van der Waals surface area contributed by atoms with Crippen molar-refractivity contribution >= 4 is 17.3 Å². The van der Waals surface area contributed by atoms with Crippen LogP contribution >= 0.6 is 11.3 Å². The maximum atomic E-state index is 13.1. The van der Waals surface area contributed by atoms with Crippen molar-refractivity contribution in [2.45, 2.75) is 26.5 Å². The van der Waals surface area contributed by atoms with Gasteiger partial charge in [0.25, 0.3) is 0 Å². The molecule has 7 heteroatoms. The second-order valence-corrected chi connectivity index (χ2v) is 6.38. The summed E-state index contributed by atoms with van der Waals surface area (Å²) in [5, 5.41) is 7.39. The van der Waals surface area contributed by atoms with Crippen molar-refractivity contribution in [2.24, 2.45) is 4.99 Å². The van der Waals surface area contributed by atoms with Crippen LogP contribution in [0, 0.1) is 12.7 Å². The van der Waals surface area contributed by atoms with Crippen LogP contribution in [0.4, 0.5) is 4.39 Å². The zero-order valence-corrected chi connectivity index (χ0v) is 14.3. The minimum atomic E-state index is -0.307. The smallest absolute Gasteiger partial charge is 0.191 e. The molecular formula is C16H21FN4OS. The van der Waals surface area contributed by atoms with E-state index in [0.29, 0.717) is 24.8 Å². The van der Waals surface area contributed by atoms with Crippen LogP contribution in [0.25, 0.3) is 0 Å². The van der Waals surface area contributed by atoms with Crippen molar-refractivity contribution in [3.63, 3.8) is 0 Å². The van der Waals surface area contributed by atoms with E-state index in [9.17, 15) is 4.39 Å². The highest BCUT2D eigenvalue weighted by Crippen LogP contribution is 2.13. The Bertz CT molecular complexity index is 659. The number of hydrogen-bond acceptors (Lipinski definition) is 4. The molecule has 23 heavy (non-hydrogen) atoms. The minimum Gasteiger partial charge on any atom is -0.489 e. The minimum absolute atomic E-state index is 0.127. The highest BCUT2D eigenvalue weighted by atomic mass is 32.1. The van der Waals surface area contributed by atoms with E-state index < -0.39 is 0 Å². The summed E-state index contributed by atoms with van der Waals surface area (Å²) in [7, 11) is 1.71. The lowest BCUT2D eigenvalue weighted by Gasteiger charge is -2.17. The van der Waals surface area contributed by atoms with E-state index in [2.05, 4.69) is 20.6 Å². The number of benzene rings is 1. The lowest BCUT2D eigenvalue weighted by atomic mass is 10.3. The third kappa shape index (κ3) is 5.86. The fraction of sp³-hybridized carbons (Fsp3) is 0.375. The summed E-state index contributed by atoms with van der Waals surface area (Å²) in [6, 6.07) is 6.12. The van der Waals surface area contributed by atoms with Gasteiger partial charge in [-0.2, -0.15) is 0 Å². The molecule has 0 spiro atoms. The molecule has 2 N–H and O–H groups in total. The fourth-order valence-corrected chi connectivity index (χ4v) is 2.64. The number of nitrogens with one attached hydrogen (secondary N) is 2. The first kappa shape index (κ1) is 17.2. The molecule has 0 aliphatic heterocycles. The second kappa shape index (κ2) is 8.47. The van der Waals surface area contributed by atoms with Crippen LogP contribution in [-0.2, 0) is 6.54 Å². The van der Waals surface area contributed by atoms with Gasteiger partial charge in [-0.05, 0) is 26.0 Å². The Balaban J connectivity index is 1.76. The summed E-state index contributed by atoms with van der Waals surface area (Å²) in [5.74, 6) is 0.881. The van der Waals surface area contributed by atoms with Gasteiger partial charge in [-0.3, -0.25) is 4.99 Å². The van der Waals surface area contributed by atoms with Crippen molar-refractivity contribution in [2.75, 3.05) is 13.6 Å². The number of thiazole rings is 1. The van der Waals surface area contributed by atoms with Gasteiger partial charge in [0.15, 0.2) is 5.96 Å². The molecule has 124 valence electrons. The Kier molecular flexibility index (Phi) is 6.34. The van der Waals surface area contributed by atoms with E-state index in [1.807, 2.05) is 20.0 Å². The summed E-state index contributed by atoms with van der Waals surface area (Å²) >= 11 is 1.65. The van der Waals surface area contributed by atoms with E-state index in [1.165, 1.54) is 17.0 Å². The molecule has 0 fully saturated rings. The topological polar surface area (TPSA) is 58.5 Å². The number of ether oxygens (including phenoxy) is 1. The Hall–Kier alpha value is -2.15. The molecule has 0 aliphatic rings. The number of guanidine groups is 1. The van der Waals surface area contributed by atoms with Crippen molar-refractivity contribution in [3.8, 4) is 5.75 Å². The van der Waals surface area contributed by atoms with Gasteiger partial charge in [0.05, 0.1) is 13.1 Å². The fourth-order valence-electron chi connectivity index (χ4n) is 1.92.